The van der Waals surface area contributed by atoms with Crippen molar-refractivity contribution in [1.82, 2.24) is 4.72 Å². The number of sulfonamides is 1. The number of halogens is 1. The standard InChI is InChI=1S/C11H20ClNO2S/c12-11(9-6-7-9)8-13-16(14,15)10-4-2-1-3-5-10/h9-11,13H,1-8H2. The van der Waals surface area contributed by atoms with Gasteiger partial charge in [0.1, 0.15) is 0 Å². The molecule has 1 atom stereocenters. The molecule has 2 fully saturated rings. The Morgan fingerprint density at radius 1 is 1.12 bits per heavy atom. The second kappa shape index (κ2) is 5.23. The van der Waals surface area contributed by atoms with E-state index in [0.29, 0.717) is 12.5 Å². The molecule has 0 radical (unpaired) electrons. The van der Waals surface area contributed by atoms with Crippen molar-refractivity contribution in [2.24, 2.45) is 5.92 Å². The van der Waals surface area contributed by atoms with Gasteiger partial charge in [0, 0.05) is 11.9 Å². The summed E-state index contributed by atoms with van der Waals surface area (Å²) < 4.78 is 26.6. The molecule has 0 spiro atoms. The highest BCUT2D eigenvalue weighted by Crippen LogP contribution is 2.35. The summed E-state index contributed by atoms with van der Waals surface area (Å²) >= 11 is 6.10. The zero-order chi connectivity index (χ0) is 11.6. The van der Waals surface area contributed by atoms with Gasteiger partial charge in [-0.05, 0) is 31.6 Å². The van der Waals surface area contributed by atoms with Gasteiger partial charge in [-0.15, -0.1) is 11.6 Å². The topological polar surface area (TPSA) is 46.2 Å². The summed E-state index contributed by atoms with van der Waals surface area (Å²) in [6, 6.07) is 0. The van der Waals surface area contributed by atoms with Crippen LogP contribution in [-0.4, -0.2) is 25.6 Å². The first-order chi connectivity index (χ1) is 7.59. The number of hydrogen-bond donors (Lipinski definition) is 1. The molecule has 0 bridgehead atoms. The third-order valence-corrected chi connectivity index (χ3v) is 6.03. The first kappa shape index (κ1) is 12.7. The van der Waals surface area contributed by atoms with E-state index < -0.39 is 10.0 Å². The van der Waals surface area contributed by atoms with Crippen molar-refractivity contribution in [2.75, 3.05) is 6.54 Å². The molecule has 94 valence electrons. The number of nitrogens with one attached hydrogen (secondary N) is 1. The Bertz CT molecular complexity index is 321. The summed E-state index contributed by atoms with van der Waals surface area (Å²) in [5.41, 5.74) is 0. The quantitative estimate of drug-likeness (QED) is 0.775. The van der Waals surface area contributed by atoms with Crippen LogP contribution in [0, 0.1) is 5.92 Å². The zero-order valence-electron chi connectivity index (χ0n) is 9.49. The van der Waals surface area contributed by atoms with E-state index in [-0.39, 0.29) is 10.6 Å². The highest BCUT2D eigenvalue weighted by atomic mass is 35.5. The van der Waals surface area contributed by atoms with E-state index in [1.54, 1.807) is 0 Å². The van der Waals surface area contributed by atoms with Crippen LogP contribution in [0.5, 0.6) is 0 Å². The van der Waals surface area contributed by atoms with Crippen molar-refractivity contribution in [3.05, 3.63) is 0 Å². The summed E-state index contributed by atoms with van der Waals surface area (Å²) in [7, 11) is -3.12. The van der Waals surface area contributed by atoms with Gasteiger partial charge in [-0.3, -0.25) is 0 Å². The van der Waals surface area contributed by atoms with Crippen LogP contribution in [0.1, 0.15) is 44.9 Å². The minimum atomic E-state index is -3.12. The van der Waals surface area contributed by atoms with Crippen LogP contribution >= 0.6 is 11.6 Å². The van der Waals surface area contributed by atoms with E-state index in [0.717, 1.165) is 38.5 Å². The van der Waals surface area contributed by atoms with Gasteiger partial charge in [-0.25, -0.2) is 13.1 Å². The molecule has 1 unspecified atom stereocenters. The molecule has 5 heteroatoms. The zero-order valence-corrected chi connectivity index (χ0v) is 11.1. The molecule has 1 N–H and O–H groups in total. The fraction of sp³-hybridized carbons (Fsp3) is 1.00. The average molecular weight is 266 g/mol. The Kier molecular flexibility index (Phi) is 4.14. The van der Waals surface area contributed by atoms with E-state index in [4.69, 9.17) is 11.6 Å². The van der Waals surface area contributed by atoms with Crippen molar-refractivity contribution in [3.8, 4) is 0 Å². The van der Waals surface area contributed by atoms with Gasteiger partial charge < -0.3 is 0 Å². The molecule has 0 amide bonds. The van der Waals surface area contributed by atoms with E-state index >= 15 is 0 Å². The molecule has 2 rings (SSSR count). The first-order valence-corrected chi connectivity index (χ1v) is 8.20. The van der Waals surface area contributed by atoms with E-state index in [1.165, 1.54) is 6.42 Å². The molecule has 0 heterocycles. The maximum absolute atomic E-state index is 12.0. The fourth-order valence-electron chi connectivity index (χ4n) is 2.31. The van der Waals surface area contributed by atoms with Crippen LogP contribution in [0.2, 0.25) is 0 Å². The molecule has 0 saturated heterocycles. The Labute approximate surface area is 103 Å². The molecule has 0 aromatic carbocycles. The summed E-state index contributed by atoms with van der Waals surface area (Å²) in [4.78, 5) is 0. The molecule has 2 aliphatic carbocycles. The maximum Gasteiger partial charge on any atom is 0.214 e. The van der Waals surface area contributed by atoms with Crippen LogP contribution in [0.4, 0.5) is 0 Å². The smallest absolute Gasteiger partial charge is 0.214 e. The Morgan fingerprint density at radius 3 is 2.31 bits per heavy atom. The predicted octanol–water partition coefficient (Wildman–Crippen LogP) is 2.26. The molecular weight excluding hydrogens is 246 g/mol. The van der Waals surface area contributed by atoms with E-state index in [1.807, 2.05) is 0 Å². The van der Waals surface area contributed by atoms with Gasteiger partial charge >= 0.3 is 0 Å². The van der Waals surface area contributed by atoms with Crippen molar-refractivity contribution in [3.63, 3.8) is 0 Å². The number of rotatable bonds is 5. The van der Waals surface area contributed by atoms with Gasteiger partial charge in [0.2, 0.25) is 10.0 Å². The second-order valence-electron chi connectivity index (χ2n) is 5.01. The third-order valence-electron chi connectivity index (χ3n) is 3.60. The predicted molar refractivity (Wildman–Crippen MR) is 66.2 cm³/mol. The summed E-state index contributed by atoms with van der Waals surface area (Å²) in [5, 5.41) is -0.192. The van der Waals surface area contributed by atoms with Crippen LogP contribution in [-0.2, 0) is 10.0 Å². The van der Waals surface area contributed by atoms with E-state index in [9.17, 15) is 8.42 Å². The lowest BCUT2D eigenvalue weighted by Gasteiger charge is -2.22. The lowest BCUT2D eigenvalue weighted by atomic mass is 10.0. The van der Waals surface area contributed by atoms with Crippen molar-refractivity contribution < 1.29 is 8.42 Å². The first-order valence-electron chi connectivity index (χ1n) is 6.22. The molecule has 0 aromatic rings. The second-order valence-corrected chi connectivity index (χ2v) is 7.61. The van der Waals surface area contributed by atoms with Gasteiger partial charge in [0.05, 0.1) is 5.25 Å². The third kappa shape index (κ3) is 3.34. The van der Waals surface area contributed by atoms with Crippen molar-refractivity contribution >= 4 is 21.6 Å². The van der Waals surface area contributed by atoms with Gasteiger partial charge in [-0.2, -0.15) is 0 Å². The summed E-state index contributed by atoms with van der Waals surface area (Å²) in [6.45, 7) is 0.408. The molecule has 2 saturated carbocycles. The molecule has 3 nitrogen and oxygen atoms in total. The summed E-state index contributed by atoms with van der Waals surface area (Å²) in [5.74, 6) is 0.538. The van der Waals surface area contributed by atoms with Crippen molar-refractivity contribution in [2.45, 2.75) is 55.6 Å². The monoisotopic (exact) mass is 265 g/mol. The average Bonchev–Trinajstić information content (AvgIpc) is 3.11. The lowest BCUT2D eigenvalue weighted by Crippen LogP contribution is -2.38. The van der Waals surface area contributed by atoms with E-state index in [2.05, 4.69) is 4.72 Å². The van der Waals surface area contributed by atoms with Crippen molar-refractivity contribution in [1.29, 1.82) is 0 Å². The fourth-order valence-corrected chi connectivity index (χ4v) is 4.34. The highest BCUT2D eigenvalue weighted by Gasteiger charge is 2.32. The highest BCUT2D eigenvalue weighted by molar-refractivity contribution is 7.90. The van der Waals surface area contributed by atoms with Crippen LogP contribution < -0.4 is 4.72 Å². The Morgan fingerprint density at radius 2 is 1.75 bits per heavy atom. The molecule has 0 aromatic heterocycles. The minimum Gasteiger partial charge on any atom is -0.214 e. The SMILES string of the molecule is O=S(=O)(NCC(Cl)C1CC1)C1CCCCC1. The molecule has 16 heavy (non-hydrogen) atoms. The maximum atomic E-state index is 12.0. The minimum absolute atomic E-state index is 0.0154. The van der Waals surface area contributed by atoms with Gasteiger partial charge in [-0.1, -0.05) is 19.3 Å². The van der Waals surface area contributed by atoms with Crippen LogP contribution in [0.3, 0.4) is 0 Å². The number of alkyl halides is 1. The normalized spacial score (nSPS) is 25.6. The molecular formula is C11H20ClNO2S. The Hall–Kier alpha value is 0.200. The number of hydrogen-bond acceptors (Lipinski definition) is 2. The lowest BCUT2D eigenvalue weighted by molar-refractivity contribution is 0.476. The molecule has 2 aliphatic rings. The Balaban J connectivity index is 1.81. The molecule has 0 aliphatic heterocycles. The van der Waals surface area contributed by atoms with Gasteiger partial charge in [0.15, 0.2) is 0 Å². The van der Waals surface area contributed by atoms with Gasteiger partial charge in [0.25, 0.3) is 0 Å². The van der Waals surface area contributed by atoms with Crippen LogP contribution in [0.15, 0.2) is 0 Å². The largest absolute Gasteiger partial charge is 0.214 e. The summed E-state index contributed by atoms with van der Waals surface area (Å²) in [6.07, 6.45) is 7.18. The van der Waals surface area contributed by atoms with Crippen LogP contribution in [0.25, 0.3) is 0 Å².